The van der Waals surface area contributed by atoms with Gasteiger partial charge in [0.15, 0.2) is 0 Å². The highest BCUT2D eigenvalue weighted by atomic mass is 35.5. The molecule has 0 atom stereocenters. The van der Waals surface area contributed by atoms with Crippen LogP contribution in [0.1, 0.15) is 37.7 Å². The molecule has 1 spiro atoms. The Morgan fingerprint density at radius 2 is 1.82 bits per heavy atom. The van der Waals surface area contributed by atoms with Gasteiger partial charge in [-0.1, -0.05) is 54.4 Å². The van der Waals surface area contributed by atoms with E-state index >= 15 is 0 Å². The second-order valence-corrected chi connectivity index (χ2v) is 7.76. The summed E-state index contributed by atoms with van der Waals surface area (Å²) in [6, 6.07) is 16.5. The fourth-order valence-electron chi connectivity index (χ4n) is 4.05. The molecular weight excluding hydrogens is 374 g/mol. The topological polar surface area (TPSA) is 61.8 Å². The molecule has 1 aliphatic heterocycles. The van der Waals surface area contributed by atoms with Crippen molar-refractivity contribution in [1.29, 1.82) is 0 Å². The van der Waals surface area contributed by atoms with Crippen molar-refractivity contribution in [1.82, 2.24) is 4.90 Å². The van der Waals surface area contributed by atoms with Crippen LogP contribution in [0.4, 0.5) is 5.69 Å². The van der Waals surface area contributed by atoms with E-state index in [1.54, 1.807) is 29.2 Å². The number of rotatable bonds is 4. The molecule has 0 aromatic heterocycles. The van der Waals surface area contributed by atoms with Crippen LogP contribution in [0.5, 0.6) is 0 Å². The van der Waals surface area contributed by atoms with Gasteiger partial charge in [0.2, 0.25) is 5.91 Å². The first-order valence-electron chi connectivity index (χ1n) is 9.60. The number of hydrogen-bond acceptors (Lipinski definition) is 3. The van der Waals surface area contributed by atoms with Gasteiger partial charge in [-0.3, -0.25) is 14.6 Å². The monoisotopic (exact) mass is 395 g/mol. The predicted molar refractivity (Wildman–Crippen MR) is 111 cm³/mol. The highest BCUT2D eigenvalue weighted by molar-refractivity contribution is 6.47. The maximum atomic E-state index is 13.2. The normalized spacial score (nSPS) is 18.2. The van der Waals surface area contributed by atoms with E-state index in [0.717, 1.165) is 37.7 Å². The lowest BCUT2D eigenvalue weighted by atomic mass is 9.88. The fraction of sp³-hybridized carbons (Fsp3) is 0.318. The second-order valence-electron chi connectivity index (χ2n) is 7.32. The van der Waals surface area contributed by atoms with Crippen LogP contribution in [-0.2, 0) is 9.59 Å². The standard InChI is InChI=1S/C22H22ClN3O2/c23-17-10-7-11-18(14-17)24-19(27)15-26-21(28)20(16-8-3-1-4-9-16)25-22(26)12-5-2-6-13-22/h1,3-4,7-11,14H,2,5-6,12-13,15H2,(H,24,27). The second kappa shape index (κ2) is 7.76. The third kappa shape index (κ3) is 3.67. The number of aliphatic imine (C=N–C) groups is 1. The molecule has 0 unspecified atom stereocenters. The van der Waals surface area contributed by atoms with Crippen molar-refractivity contribution in [3.05, 3.63) is 65.2 Å². The Balaban J connectivity index is 1.58. The maximum Gasteiger partial charge on any atom is 0.275 e. The molecule has 1 N–H and O–H groups in total. The molecule has 2 aromatic carbocycles. The molecule has 1 aliphatic carbocycles. The third-order valence-electron chi connectivity index (χ3n) is 5.38. The molecule has 1 heterocycles. The van der Waals surface area contributed by atoms with E-state index in [4.69, 9.17) is 16.6 Å². The zero-order valence-corrected chi connectivity index (χ0v) is 16.3. The lowest BCUT2D eigenvalue weighted by Crippen LogP contribution is -2.51. The van der Waals surface area contributed by atoms with Crippen LogP contribution in [0.3, 0.4) is 0 Å². The zero-order valence-electron chi connectivity index (χ0n) is 15.5. The smallest absolute Gasteiger partial charge is 0.275 e. The van der Waals surface area contributed by atoms with Crippen molar-refractivity contribution in [2.45, 2.75) is 37.8 Å². The van der Waals surface area contributed by atoms with E-state index in [1.807, 2.05) is 30.3 Å². The van der Waals surface area contributed by atoms with Gasteiger partial charge in [-0.15, -0.1) is 0 Å². The number of hydrogen-bond donors (Lipinski definition) is 1. The van der Waals surface area contributed by atoms with E-state index in [1.165, 1.54) is 0 Å². The predicted octanol–water partition coefficient (Wildman–Crippen LogP) is 4.27. The van der Waals surface area contributed by atoms with Gasteiger partial charge in [0.1, 0.15) is 17.9 Å². The van der Waals surface area contributed by atoms with Crippen molar-refractivity contribution in [3.8, 4) is 0 Å². The number of amides is 2. The molecule has 1 fully saturated rings. The SMILES string of the molecule is O=C(CN1C(=O)C(c2ccccc2)=NC12CCCCC2)Nc1cccc(Cl)c1. The molecule has 2 aliphatic rings. The number of benzene rings is 2. The van der Waals surface area contributed by atoms with E-state index in [9.17, 15) is 9.59 Å². The average molecular weight is 396 g/mol. The summed E-state index contributed by atoms with van der Waals surface area (Å²) < 4.78 is 0. The largest absolute Gasteiger partial charge is 0.324 e. The highest BCUT2D eigenvalue weighted by Gasteiger charge is 2.48. The first kappa shape index (κ1) is 18.7. The number of carbonyl (C=O) groups excluding carboxylic acids is 2. The summed E-state index contributed by atoms with van der Waals surface area (Å²) in [7, 11) is 0. The number of nitrogens with zero attached hydrogens (tertiary/aromatic N) is 2. The number of halogens is 1. The van der Waals surface area contributed by atoms with Crippen LogP contribution in [-0.4, -0.2) is 34.6 Å². The zero-order chi connectivity index (χ0) is 19.6. The minimum absolute atomic E-state index is 0.0226. The third-order valence-corrected chi connectivity index (χ3v) is 5.62. The fourth-order valence-corrected chi connectivity index (χ4v) is 4.24. The Bertz CT molecular complexity index is 920. The van der Waals surface area contributed by atoms with Gasteiger partial charge >= 0.3 is 0 Å². The Labute approximate surface area is 169 Å². The van der Waals surface area contributed by atoms with E-state index in [0.29, 0.717) is 16.4 Å². The molecule has 0 saturated heterocycles. The van der Waals surface area contributed by atoms with E-state index in [-0.39, 0.29) is 18.4 Å². The summed E-state index contributed by atoms with van der Waals surface area (Å²) in [6.45, 7) is -0.0226. The van der Waals surface area contributed by atoms with Crippen molar-refractivity contribution < 1.29 is 9.59 Å². The van der Waals surface area contributed by atoms with Crippen LogP contribution in [0.2, 0.25) is 5.02 Å². The highest BCUT2D eigenvalue weighted by Crippen LogP contribution is 2.39. The van der Waals surface area contributed by atoms with Crippen LogP contribution < -0.4 is 5.32 Å². The van der Waals surface area contributed by atoms with Crippen LogP contribution in [0.15, 0.2) is 59.6 Å². The quantitative estimate of drug-likeness (QED) is 0.840. The van der Waals surface area contributed by atoms with E-state index in [2.05, 4.69) is 5.32 Å². The van der Waals surface area contributed by atoms with Crippen LogP contribution in [0, 0.1) is 0 Å². The van der Waals surface area contributed by atoms with E-state index < -0.39 is 5.66 Å². The number of anilines is 1. The van der Waals surface area contributed by atoms with Crippen LogP contribution >= 0.6 is 11.6 Å². The Kier molecular flexibility index (Phi) is 5.18. The molecule has 28 heavy (non-hydrogen) atoms. The Morgan fingerprint density at radius 3 is 2.54 bits per heavy atom. The molecule has 6 heteroatoms. The summed E-state index contributed by atoms with van der Waals surface area (Å²) in [5.41, 5.74) is 1.27. The Hall–Kier alpha value is -2.66. The molecule has 2 aromatic rings. The van der Waals surface area contributed by atoms with Gasteiger partial charge < -0.3 is 10.2 Å². The van der Waals surface area contributed by atoms with Gasteiger partial charge in [-0.25, -0.2) is 0 Å². The number of carbonyl (C=O) groups is 2. The molecular formula is C22H22ClN3O2. The lowest BCUT2D eigenvalue weighted by Gasteiger charge is -2.38. The van der Waals surface area contributed by atoms with Gasteiger partial charge in [-0.05, 0) is 43.9 Å². The van der Waals surface area contributed by atoms with Gasteiger partial charge in [0, 0.05) is 16.3 Å². The number of nitrogens with one attached hydrogen (secondary N) is 1. The van der Waals surface area contributed by atoms with Gasteiger partial charge in [0.25, 0.3) is 5.91 Å². The molecule has 5 nitrogen and oxygen atoms in total. The van der Waals surface area contributed by atoms with Gasteiger partial charge in [0.05, 0.1) is 0 Å². The molecule has 2 amide bonds. The summed E-state index contributed by atoms with van der Waals surface area (Å²) in [6.07, 6.45) is 4.73. The van der Waals surface area contributed by atoms with Gasteiger partial charge in [-0.2, -0.15) is 0 Å². The molecule has 144 valence electrons. The minimum atomic E-state index is -0.605. The Morgan fingerprint density at radius 1 is 1.07 bits per heavy atom. The van der Waals surface area contributed by atoms with Crippen molar-refractivity contribution >= 4 is 34.8 Å². The first-order chi connectivity index (χ1) is 13.6. The van der Waals surface area contributed by atoms with Crippen molar-refractivity contribution in [2.75, 3.05) is 11.9 Å². The summed E-state index contributed by atoms with van der Waals surface area (Å²) in [4.78, 5) is 32.4. The maximum absolute atomic E-state index is 13.2. The summed E-state index contributed by atoms with van der Waals surface area (Å²) >= 11 is 5.99. The first-order valence-corrected chi connectivity index (χ1v) is 9.98. The molecule has 0 radical (unpaired) electrons. The molecule has 1 saturated carbocycles. The molecule has 0 bridgehead atoms. The minimum Gasteiger partial charge on any atom is -0.324 e. The van der Waals surface area contributed by atoms with Crippen LogP contribution in [0.25, 0.3) is 0 Å². The summed E-state index contributed by atoms with van der Waals surface area (Å²) in [5, 5.41) is 3.39. The average Bonchev–Trinajstić information content (AvgIpc) is 2.95. The summed E-state index contributed by atoms with van der Waals surface area (Å²) in [5.74, 6) is -0.417. The van der Waals surface area contributed by atoms with Crippen molar-refractivity contribution in [3.63, 3.8) is 0 Å². The molecule has 4 rings (SSSR count). The lowest BCUT2D eigenvalue weighted by molar-refractivity contribution is -0.134. The van der Waals surface area contributed by atoms with Crippen molar-refractivity contribution in [2.24, 2.45) is 4.99 Å².